The SMILES string of the molecule is COc1cccc(-c2n[nH]c3nc(Oc4ccc(F)cc4F)nc(NCC(C)O)c23)c1OC. The summed E-state index contributed by atoms with van der Waals surface area (Å²) < 4.78 is 43.7. The van der Waals surface area contributed by atoms with Gasteiger partial charge in [0.05, 0.1) is 25.7 Å². The molecule has 0 saturated heterocycles. The van der Waals surface area contributed by atoms with Gasteiger partial charge in [0, 0.05) is 18.2 Å². The van der Waals surface area contributed by atoms with E-state index in [0.29, 0.717) is 34.2 Å². The summed E-state index contributed by atoms with van der Waals surface area (Å²) in [5.41, 5.74) is 1.37. The molecule has 0 saturated carbocycles. The molecular weight excluding hydrogens is 436 g/mol. The van der Waals surface area contributed by atoms with Gasteiger partial charge in [0.2, 0.25) is 0 Å². The second-order valence-corrected chi connectivity index (χ2v) is 7.10. The van der Waals surface area contributed by atoms with Crippen molar-refractivity contribution in [3.63, 3.8) is 0 Å². The van der Waals surface area contributed by atoms with E-state index in [1.165, 1.54) is 14.2 Å². The maximum absolute atomic E-state index is 14.1. The zero-order valence-corrected chi connectivity index (χ0v) is 18.0. The smallest absolute Gasteiger partial charge is 0.326 e. The van der Waals surface area contributed by atoms with Crippen LogP contribution >= 0.6 is 0 Å². The van der Waals surface area contributed by atoms with E-state index in [1.54, 1.807) is 25.1 Å². The zero-order chi connectivity index (χ0) is 23.5. The molecule has 0 spiro atoms. The van der Waals surface area contributed by atoms with Crippen LogP contribution in [-0.2, 0) is 0 Å². The largest absolute Gasteiger partial charge is 0.493 e. The molecule has 0 amide bonds. The molecule has 172 valence electrons. The normalized spacial score (nSPS) is 11.9. The summed E-state index contributed by atoms with van der Waals surface area (Å²) in [6.07, 6.45) is -0.685. The minimum Gasteiger partial charge on any atom is -0.493 e. The van der Waals surface area contributed by atoms with Crippen LogP contribution in [0.1, 0.15) is 6.92 Å². The molecule has 11 heteroatoms. The number of para-hydroxylation sites is 1. The molecule has 0 aliphatic carbocycles. The first-order chi connectivity index (χ1) is 15.9. The van der Waals surface area contributed by atoms with Gasteiger partial charge in [0.1, 0.15) is 17.3 Å². The number of nitrogens with zero attached hydrogens (tertiary/aromatic N) is 3. The predicted octanol–water partition coefficient (Wildman–Crippen LogP) is 3.90. The first-order valence-corrected chi connectivity index (χ1v) is 9.93. The lowest BCUT2D eigenvalue weighted by atomic mass is 10.1. The fourth-order valence-corrected chi connectivity index (χ4v) is 3.25. The Labute approximate surface area is 187 Å². The topological polar surface area (TPSA) is 114 Å². The van der Waals surface area contributed by atoms with E-state index in [4.69, 9.17) is 14.2 Å². The van der Waals surface area contributed by atoms with Crippen molar-refractivity contribution in [3.05, 3.63) is 48.0 Å². The van der Waals surface area contributed by atoms with Crippen LogP contribution in [0.25, 0.3) is 22.3 Å². The van der Waals surface area contributed by atoms with E-state index in [2.05, 4.69) is 25.5 Å². The van der Waals surface area contributed by atoms with Crippen LogP contribution in [0.15, 0.2) is 36.4 Å². The minimum absolute atomic E-state index is 0.163. The highest BCUT2D eigenvalue weighted by Crippen LogP contribution is 2.41. The second kappa shape index (κ2) is 9.25. The lowest BCUT2D eigenvalue weighted by Crippen LogP contribution is -2.16. The Kier molecular flexibility index (Phi) is 6.22. The maximum atomic E-state index is 14.1. The first-order valence-electron chi connectivity index (χ1n) is 9.93. The van der Waals surface area contributed by atoms with Gasteiger partial charge in [-0.05, 0) is 31.2 Å². The molecule has 3 N–H and O–H groups in total. The van der Waals surface area contributed by atoms with Crippen LogP contribution in [0.2, 0.25) is 0 Å². The molecule has 0 radical (unpaired) electrons. The van der Waals surface area contributed by atoms with Crippen LogP contribution in [-0.4, -0.2) is 52.1 Å². The lowest BCUT2D eigenvalue weighted by molar-refractivity contribution is 0.208. The van der Waals surface area contributed by atoms with Crippen molar-refractivity contribution in [2.24, 2.45) is 0 Å². The number of hydrogen-bond donors (Lipinski definition) is 3. The fraction of sp³-hybridized carbons (Fsp3) is 0.227. The average molecular weight is 457 g/mol. The molecule has 4 aromatic rings. The predicted molar refractivity (Wildman–Crippen MR) is 117 cm³/mol. The van der Waals surface area contributed by atoms with E-state index in [1.807, 2.05) is 0 Å². The summed E-state index contributed by atoms with van der Waals surface area (Å²) >= 11 is 0. The summed E-state index contributed by atoms with van der Waals surface area (Å²) in [6.45, 7) is 1.77. The lowest BCUT2D eigenvalue weighted by Gasteiger charge is -2.13. The molecule has 2 aromatic heterocycles. The standard InChI is InChI=1S/C22H21F2N5O4/c1-11(30)10-25-20-17-18(13-5-4-6-16(31-2)19(13)32-3)28-29-21(17)27-22(26-20)33-15-8-7-12(23)9-14(15)24/h4-9,11,30H,10H2,1-3H3,(H2,25,26,27,28,29). The number of halogens is 2. The van der Waals surface area contributed by atoms with Gasteiger partial charge in [-0.2, -0.15) is 15.1 Å². The Bertz CT molecular complexity index is 1300. The van der Waals surface area contributed by atoms with Crippen LogP contribution in [0.3, 0.4) is 0 Å². The van der Waals surface area contributed by atoms with Gasteiger partial charge in [0.15, 0.2) is 28.7 Å². The van der Waals surface area contributed by atoms with Crippen LogP contribution in [0.4, 0.5) is 14.6 Å². The van der Waals surface area contributed by atoms with Crippen LogP contribution in [0, 0.1) is 11.6 Å². The number of ether oxygens (including phenoxy) is 3. The number of H-pyrrole nitrogens is 1. The van der Waals surface area contributed by atoms with E-state index in [9.17, 15) is 13.9 Å². The first kappa shape index (κ1) is 22.2. The third-order valence-electron chi connectivity index (χ3n) is 4.72. The van der Waals surface area contributed by atoms with E-state index in [0.717, 1.165) is 12.1 Å². The van der Waals surface area contributed by atoms with Gasteiger partial charge in [-0.15, -0.1) is 0 Å². The van der Waals surface area contributed by atoms with Crippen LogP contribution < -0.4 is 19.5 Å². The Morgan fingerprint density at radius 3 is 2.61 bits per heavy atom. The van der Waals surface area contributed by atoms with E-state index < -0.39 is 17.7 Å². The second-order valence-electron chi connectivity index (χ2n) is 7.10. The Balaban J connectivity index is 1.85. The number of fused-ring (bicyclic) bond motifs is 1. The molecule has 1 atom stereocenters. The zero-order valence-electron chi connectivity index (χ0n) is 18.0. The summed E-state index contributed by atoms with van der Waals surface area (Å²) in [4.78, 5) is 8.62. The fourth-order valence-electron chi connectivity index (χ4n) is 3.25. The van der Waals surface area contributed by atoms with E-state index >= 15 is 0 Å². The maximum Gasteiger partial charge on any atom is 0.326 e. The molecule has 2 aromatic carbocycles. The number of benzene rings is 2. The molecule has 0 bridgehead atoms. The van der Waals surface area contributed by atoms with Gasteiger partial charge in [-0.25, -0.2) is 8.78 Å². The van der Waals surface area contributed by atoms with Gasteiger partial charge < -0.3 is 24.6 Å². The molecule has 0 aliphatic rings. The molecule has 1 unspecified atom stereocenters. The summed E-state index contributed by atoms with van der Waals surface area (Å²) in [5.74, 6) is -0.621. The number of aromatic amines is 1. The van der Waals surface area contributed by atoms with Gasteiger partial charge >= 0.3 is 6.01 Å². The molecule has 0 fully saturated rings. The molecule has 4 rings (SSSR count). The number of aliphatic hydroxyl groups is 1. The molecule has 0 aliphatic heterocycles. The minimum atomic E-state index is -0.899. The van der Waals surface area contributed by atoms with Crippen molar-refractivity contribution in [1.82, 2.24) is 20.2 Å². The highest BCUT2D eigenvalue weighted by molar-refractivity contribution is 6.00. The number of anilines is 1. The molecular formula is C22H21F2N5O4. The Morgan fingerprint density at radius 1 is 1.09 bits per heavy atom. The monoisotopic (exact) mass is 457 g/mol. The van der Waals surface area contributed by atoms with Crippen molar-refractivity contribution in [2.75, 3.05) is 26.1 Å². The van der Waals surface area contributed by atoms with E-state index in [-0.39, 0.29) is 29.8 Å². The number of nitrogens with one attached hydrogen (secondary N) is 2. The molecule has 9 nitrogen and oxygen atoms in total. The van der Waals surface area contributed by atoms with Gasteiger partial charge in [0.25, 0.3) is 0 Å². The molecule has 33 heavy (non-hydrogen) atoms. The average Bonchev–Trinajstić information content (AvgIpc) is 3.22. The summed E-state index contributed by atoms with van der Waals surface area (Å²) in [6, 6.07) is 8.04. The van der Waals surface area contributed by atoms with Crippen molar-refractivity contribution in [2.45, 2.75) is 13.0 Å². The number of methoxy groups -OCH3 is 2. The Morgan fingerprint density at radius 2 is 1.91 bits per heavy atom. The summed E-state index contributed by atoms with van der Waals surface area (Å²) in [5, 5.41) is 20.5. The number of aliphatic hydroxyl groups excluding tert-OH is 1. The number of rotatable bonds is 8. The third kappa shape index (κ3) is 4.48. The van der Waals surface area contributed by atoms with Gasteiger partial charge in [-0.1, -0.05) is 6.07 Å². The highest BCUT2D eigenvalue weighted by Gasteiger charge is 2.22. The van der Waals surface area contributed by atoms with Crippen molar-refractivity contribution >= 4 is 16.9 Å². The quantitative estimate of drug-likeness (QED) is 0.365. The third-order valence-corrected chi connectivity index (χ3v) is 4.72. The van der Waals surface area contributed by atoms with Crippen molar-refractivity contribution in [1.29, 1.82) is 0 Å². The summed E-state index contributed by atoms with van der Waals surface area (Å²) in [7, 11) is 3.05. The number of aromatic nitrogens is 4. The van der Waals surface area contributed by atoms with Crippen molar-refractivity contribution < 1.29 is 28.1 Å². The molecule has 2 heterocycles. The van der Waals surface area contributed by atoms with Gasteiger partial charge in [-0.3, -0.25) is 5.10 Å². The van der Waals surface area contributed by atoms with Crippen molar-refractivity contribution in [3.8, 4) is 34.5 Å². The Hall–Kier alpha value is -3.99. The van der Waals surface area contributed by atoms with Crippen LogP contribution in [0.5, 0.6) is 23.3 Å². The highest BCUT2D eigenvalue weighted by atomic mass is 19.1. The number of hydrogen-bond acceptors (Lipinski definition) is 8.